The number of rotatable bonds is 4. The molecule has 0 fully saturated rings. The standard InChI is InChI=1S/C10H11O2/c1-3-8-12-10-7-5-4-6-9(10)11-2/h3,5-7H,1,8H2,2H3. The summed E-state index contributed by atoms with van der Waals surface area (Å²) < 4.78 is 10.4. The Hall–Kier alpha value is -1.44. The third kappa shape index (κ3) is 2.02. The average molecular weight is 163 g/mol. The van der Waals surface area contributed by atoms with E-state index in [-0.39, 0.29) is 0 Å². The first kappa shape index (κ1) is 8.65. The molecule has 0 heterocycles. The molecule has 0 unspecified atom stereocenters. The van der Waals surface area contributed by atoms with Gasteiger partial charge in [0.15, 0.2) is 11.5 Å². The van der Waals surface area contributed by atoms with Crippen molar-refractivity contribution in [1.82, 2.24) is 0 Å². The van der Waals surface area contributed by atoms with Gasteiger partial charge in [0.25, 0.3) is 0 Å². The van der Waals surface area contributed by atoms with Crippen LogP contribution in [0.25, 0.3) is 0 Å². The first-order valence-corrected chi connectivity index (χ1v) is 3.66. The molecule has 0 saturated heterocycles. The molecule has 1 aromatic rings. The van der Waals surface area contributed by atoms with E-state index in [4.69, 9.17) is 9.47 Å². The van der Waals surface area contributed by atoms with Crippen LogP contribution in [0.4, 0.5) is 0 Å². The van der Waals surface area contributed by atoms with Crippen molar-refractivity contribution in [1.29, 1.82) is 0 Å². The molecule has 1 radical (unpaired) electrons. The van der Waals surface area contributed by atoms with Gasteiger partial charge in [-0.05, 0) is 18.2 Å². The zero-order chi connectivity index (χ0) is 8.81. The normalized spacial score (nSPS) is 9.08. The van der Waals surface area contributed by atoms with E-state index in [1.54, 1.807) is 25.3 Å². The van der Waals surface area contributed by atoms with Crippen molar-refractivity contribution in [2.24, 2.45) is 0 Å². The van der Waals surface area contributed by atoms with Gasteiger partial charge in [-0.3, -0.25) is 0 Å². The highest BCUT2D eigenvalue weighted by Gasteiger charge is 1.99. The molecule has 63 valence electrons. The molecule has 12 heavy (non-hydrogen) atoms. The van der Waals surface area contributed by atoms with Gasteiger partial charge < -0.3 is 9.47 Å². The van der Waals surface area contributed by atoms with Crippen LogP contribution in [0.5, 0.6) is 11.5 Å². The molecular weight excluding hydrogens is 152 g/mol. The van der Waals surface area contributed by atoms with Crippen LogP contribution in [-0.2, 0) is 0 Å². The Labute approximate surface area is 72.4 Å². The van der Waals surface area contributed by atoms with Gasteiger partial charge in [0.1, 0.15) is 6.61 Å². The maximum absolute atomic E-state index is 5.31. The molecule has 1 aromatic carbocycles. The van der Waals surface area contributed by atoms with Crippen molar-refractivity contribution in [3.8, 4) is 11.5 Å². The quantitative estimate of drug-likeness (QED) is 0.632. The Morgan fingerprint density at radius 3 is 3.08 bits per heavy atom. The predicted molar refractivity (Wildman–Crippen MR) is 47.5 cm³/mol. The second-order valence-corrected chi connectivity index (χ2v) is 2.18. The van der Waals surface area contributed by atoms with Crippen molar-refractivity contribution in [3.05, 3.63) is 36.9 Å². The SMILES string of the molecule is C=CCOc1cc[c]cc1OC. The van der Waals surface area contributed by atoms with Crippen LogP contribution in [0.3, 0.4) is 0 Å². The minimum absolute atomic E-state index is 0.486. The minimum Gasteiger partial charge on any atom is -0.493 e. The lowest BCUT2D eigenvalue weighted by Gasteiger charge is -2.07. The van der Waals surface area contributed by atoms with Crippen LogP contribution in [0.15, 0.2) is 30.9 Å². The topological polar surface area (TPSA) is 18.5 Å². The molecule has 2 nitrogen and oxygen atoms in total. The van der Waals surface area contributed by atoms with Gasteiger partial charge in [-0.1, -0.05) is 18.7 Å². The Morgan fingerprint density at radius 2 is 2.42 bits per heavy atom. The first-order valence-electron chi connectivity index (χ1n) is 3.66. The highest BCUT2D eigenvalue weighted by atomic mass is 16.5. The summed E-state index contributed by atoms with van der Waals surface area (Å²) in [5.74, 6) is 1.41. The second-order valence-electron chi connectivity index (χ2n) is 2.18. The van der Waals surface area contributed by atoms with E-state index in [1.165, 1.54) is 0 Å². The number of benzene rings is 1. The van der Waals surface area contributed by atoms with Gasteiger partial charge in [0.05, 0.1) is 7.11 Å². The van der Waals surface area contributed by atoms with E-state index in [0.717, 1.165) is 5.75 Å². The van der Waals surface area contributed by atoms with Crippen molar-refractivity contribution >= 4 is 0 Å². The fourth-order valence-electron chi connectivity index (χ4n) is 0.828. The molecule has 0 spiro atoms. The maximum Gasteiger partial charge on any atom is 0.161 e. The van der Waals surface area contributed by atoms with Gasteiger partial charge >= 0.3 is 0 Å². The molecule has 0 bridgehead atoms. The first-order chi connectivity index (χ1) is 5.88. The van der Waals surface area contributed by atoms with Crippen LogP contribution in [0.1, 0.15) is 0 Å². The zero-order valence-corrected chi connectivity index (χ0v) is 7.04. The van der Waals surface area contributed by atoms with Crippen LogP contribution in [0.2, 0.25) is 0 Å². The summed E-state index contributed by atoms with van der Waals surface area (Å²) in [7, 11) is 1.60. The molecule has 0 aliphatic carbocycles. The largest absolute Gasteiger partial charge is 0.493 e. The molecule has 0 aliphatic heterocycles. The van der Waals surface area contributed by atoms with Gasteiger partial charge in [0.2, 0.25) is 0 Å². The van der Waals surface area contributed by atoms with Crippen LogP contribution >= 0.6 is 0 Å². The average Bonchev–Trinajstić information content (AvgIpc) is 2.15. The van der Waals surface area contributed by atoms with Gasteiger partial charge in [-0.2, -0.15) is 0 Å². The highest BCUT2D eigenvalue weighted by molar-refractivity contribution is 5.38. The smallest absolute Gasteiger partial charge is 0.161 e. The summed E-state index contributed by atoms with van der Waals surface area (Å²) in [6, 6.07) is 8.22. The molecule has 1 rings (SSSR count). The number of hydrogen-bond donors (Lipinski definition) is 0. The third-order valence-corrected chi connectivity index (χ3v) is 1.36. The number of ether oxygens (including phenoxy) is 2. The van der Waals surface area contributed by atoms with Crippen molar-refractivity contribution in [2.45, 2.75) is 0 Å². The van der Waals surface area contributed by atoms with E-state index in [2.05, 4.69) is 12.6 Å². The summed E-state index contributed by atoms with van der Waals surface area (Å²) in [6.07, 6.45) is 1.69. The summed E-state index contributed by atoms with van der Waals surface area (Å²) in [5.41, 5.74) is 0. The lowest BCUT2D eigenvalue weighted by molar-refractivity contribution is 0.326. The highest BCUT2D eigenvalue weighted by Crippen LogP contribution is 2.25. The molecule has 0 atom stereocenters. The fraction of sp³-hybridized carbons (Fsp3) is 0.200. The molecule has 0 saturated carbocycles. The Morgan fingerprint density at radius 1 is 1.58 bits per heavy atom. The Bertz CT molecular complexity index is 256. The van der Waals surface area contributed by atoms with Crippen LogP contribution in [0, 0.1) is 6.07 Å². The molecule has 0 aromatic heterocycles. The number of hydrogen-bond acceptors (Lipinski definition) is 2. The van der Waals surface area contributed by atoms with Gasteiger partial charge in [0, 0.05) is 0 Å². The zero-order valence-electron chi connectivity index (χ0n) is 7.04. The molecule has 0 N–H and O–H groups in total. The molecule has 0 aliphatic rings. The summed E-state index contributed by atoms with van der Waals surface area (Å²) in [6.45, 7) is 4.04. The monoisotopic (exact) mass is 163 g/mol. The summed E-state index contributed by atoms with van der Waals surface area (Å²) >= 11 is 0. The van der Waals surface area contributed by atoms with Crippen LogP contribution < -0.4 is 9.47 Å². The summed E-state index contributed by atoms with van der Waals surface area (Å²) in [4.78, 5) is 0. The van der Waals surface area contributed by atoms with E-state index in [1.807, 2.05) is 6.07 Å². The van der Waals surface area contributed by atoms with Gasteiger partial charge in [-0.25, -0.2) is 0 Å². The van der Waals surface area contributed by atoms with Gasteiger partial charge in [-0.15, -0.1) is 0 Å². The molecular formula is C10H11O2. The van der Waals surface area contributed by atoms with E-state index in [9.17, 15) is 0 Å². The van der Waals surface area contributed by atoms with Crippen molar-refractivity contribution < 1.29 is 9.47 Å². The van der Waals surface area contributed by atoms with Crippen molar-refractivity contribution in [2.75, 3.05) is 13.7 Å². The minimum atomic E-state index is 0.486. The summed E-state index contributed by atoms with van der Waals surface area (Å²) in [5, 5.41) is 0. The Balaban J connectivity index is 2.74. The maximum atomic E-state index is 5.31. The lowest BCUT2D eigenvalue weighted by Crippen LogP contribution is -1.95. The molecule has 2 heteroatoms. The van der Waals surface area contributed by atoms with E-state index < -0.39 is 0 Å². The lowest BCUT2D eigenvalue weighted by atomic mass is 10.3. The number of methoxy groups -OCH3 is 1. The molecule has 0 amide bonds. The van der Waals surface area contributed by atoms with E-state index >= 15 is 0 Å². The Kier molecular flexibility index (Phi) is 3.20. The second kappa shape index (κ2) is 4.44. The van der Waals surface area contributed by atoms with Crippen molar-refractivity contribution in [3.63, 3.8) is 0 Å². The fourth-order valence-corrected chi connectivity index (χ4v) is 0.828. The van der Waals surface area contributed by atoms with Crippen LogP contribution in [-0.4, -0.2) is 13.7 Å². The predicted octanol–water partition coefficient (Wildman–Crippen LogP) is 2.06. The third-order valence-electron chi connectivity index (χ3n) is 1.36. The van der Waals surface area contributed by atoms with E-state index in [0.29, 0.717) is 12.4 Å².